The fourth-order valence-electron chi connectivity index (χ4n) is 5.85. The Balaban J connectivity index is 1.95. The fourth-order valence-corrected chi connectivity index (χ4v) is 5.85. The third-order valence-corrected chi connectivity index (χ3v) is 8.81. The first-order valence-electron chi connectivity index (χ1n) is 17.1. The number of aliphatic hydroxyl groups excluding tert-OH is 2. The smallest absolute Gasteiger partial charge is 0.245 e. The molecule has 11 N–H and O–H groups in total. The van der Waals surface area contributed by atoms with Crippen molar-refractivity contribution < 1.29 is 34.5 Å². The van der Waals surface area contributed by atoms with Gasteiger partial charge in [0, 0.05) is 38.4 Å². The van der Waals surface area contributed by atoms with Crippen LogP contribution in [0.4, 0.5) is 0 Å². The zero-order valence-electron chi connectivity index (χ0n) is 29.3. The fraction of sp³-hybridized carbons (Fsp3) is 0.543. The predicted molar refractivity (Wildman–Crippen MR) is 190 cm³/mol. The average molecular weight is 699 g/mol. The van der Waals surface area contributed by atoms with Crippen LogP contribution in [0.25, 0.3) is 11.1 Å². The molecule has 0 unspecified atom stereocenters. The highest BCUT2D eigenvalue weighted by Crippen LogP contribution is 2.28. The summed E-state index contributed by atoms with van der Waals surface area (Å²) >= 11 is 0. The van der Waals surface area contributed by atoms with E-state index in [2.05, 4.69) is 42.5 Å². The number of hydrogen-bond donors (Lipinski definition) is 11. The van der Waals surface area contributed by atoms with Crippen LogP contribution in [0.5, 0.6) is 5.75 Å². The summed E-state index contributed by atoms with van der Waals surface area (Å²) in [5.74, 6) is -2.56. The van der Waals surface area contributed by atoms with Gasteiger partial charge in [-0.3, -0.25) is 19.2 Å². The van der Waals surface area contributed by atoms with E-state index in [1.165, 1.54) is 0 Å². The summed E-state index contributed by atoms with van der Waals surface area (Å²) in [6.45, 7) is 0.564. The Morgan fingerprint density at radius 3 is 2.38 bits per heavy atom. The molecule has 1 aliphatic heterocycles. The third-order valence-electron chi connectivity index (χ3n) is 8.81. The minimum absolute atomic E-state index is 0.00227. The van der Waals surface area contributed by atoms with Crippen LogP contribution in [0.1, 0.15) is 30.4 Å². The molecule has 15 nitrogen and oxygen atoms in total. The maximum atomic E-state index is 13.8. The van der Waals surface area contributed by atoms with Crippen LogP contribution in [-0.4, -0.2) is 130 Å². The summed E-state index contributed by atoms with van der Waals surface area (Å²) < 4.78 is 0. The molecule has 0 aromatic heterocycles. The van der Waals surface area contributed by atoms with Gasteiger partial charge in [0.1, 0.15) is 23.9 Å². The molecule has 0 spiro atoms. The Morgan fingerprint density at radius 1 is 0.940 bits per heavy atom. The van der Waals surface area contributed by atoms with Crippen LogP contribution in [0.2, 0.25) is 0 Å². The summed E-state index contributed by atoms with van der Waals surface area (Å²) in [7, 11) is 6.88. The normalized spacial score (nSPS) is 19.9. The zero-order chi connectivity index (χ0) is 36.6. The summed E-state index contributed by atoms with van der Waals surface area (Å²) in [5.41, 5.74) is 2.74. The molecule has 3 rings (SSSR count). The van der Waals surface area contributed by atoms with Crippen LogP contribution >= 0.6 is 0 Å². The molecule has 0 aliphatic carbocycles. The second kappa shape index (κ2) is 20.5. The Labute approximate surface area is 293 Å². The molecule has 2 aromatic rings. The van der Waals surface area contributed by atoms with Gasteiger partial charge in [0.15, 0.2) is 0 Å². The molecule has 4 bridgehead atoms. The molecule has 0 fully saturated rings. The Hall–Kier alpha value is -4.12. The molecular formula is C35H54N8O7. The number of aliphatic hydroxyl groups is 2. The van der Waals surface area contributed by atoms with Crippen LogP contribution in [0.3, 0.4) is 0 Å². The van der Waals surface area contributed by atoms with Gasteiger partial charge in [0.05, 0.1) is 18.8 Å². The van der Waals surface area contributed by atoms with Crippen LogP contribution in [0.15, 0.2) is 42.5 Å². The van der Waals surface area contributed by atoms with Gasteiger partial charge >= 0.3 is 0 Å². The second-order valence-electron chi connectivity index (χ2n) is 12.6. The number of rotatable bonds is 16. The number of nitrogens with one attached hydrogen (secondary N) is 8. The van der Waals surface area contributed by atoms with Gasteiger partial charge in [0.2, 0.25) is 23.6 Å². The standard InChI is InChI=1S/C35H54N8O7/c1-36-12-6-9-25(38-3)18-40-32(47)30(20-44)43-34(49)28-14-21-7-5-8-22(13-21)23-10-11-31(46)24(15-23)16-27(39-4)33(48)42-29(35(50)41-28)17-26(45)19-37-2/h5,7-8,10-11,13,15,25-30,36-39,44-46H,6,9,12,14,16-20H2,1-4H3,(H,40,47)(H,41,50)(H,42,48)(H,43,49)/t25-,26+,27-,28-,29-,30-/m0/s1. The number of hydrogen-bond acceptors (Lipinski definition) is 11. The molecule has 6 atom stereocenters. The van der Waals surface area contributed by atoms with Gasteiger partial charge in [-0.1, -0.05) is 30.3 Å². The molecule has 1 aliphatic rings. The van der Waals surface area contributed by atoms with Gasteiger partial charge in [-0.2, -0.15) is 0 Å². The number of phenols is 1. The lowest BCUT2D eigenvalue weighted by atomic mass is 9.96. The van der Waals surface area contributed by atoms with E-state index >= 15 is 0 Å². The van der Waals surface area contributed by atoms with Gasteiger partial charge in [-0.15, -0.1) is 0 Å². The van der Waals surface area contributed by atoms with E-state index < -0.39 is 60.5 Å². The van der Waals surface area contributed by atoms with Crippen molar-refractivity contribution in [2.45, 2.75) is 68.4 Å². The Bertz CT molecular complexity index is 1430. The number of carbonyl (C=O) groups excluding carboxylic acids is 4. The Morgan fingerprint density at radius 2 is 1.70 bits per heavy atom. The molecule has 2 aromatic carbocycles. The number of likely N-dealkylation sites (N-methyl/N-ethyl adjacent to an activating group) is 3. The molecular weight excluding hydrogens is 644 g/mol. The lowest BCUT2D eigenvalue weighted by Crippen LogP contribution is -2.59. The van der Waals surface area contributed by atoms with Gasteiger partial charge in [-0.25, -0.2) is 0 Å². The number of benzene rings is 2. The molecule has 276 valence electrons. The monoisotopic (exact) mass is 698 g/mol. The van der Waals surface area contributed by atoms with E-state index in [-0.39, 0.29) is 44.1 Å². The van der Waals surface area contributed by atoms with Crippen LogP contribution in [-0.2, 0) is 32.0 Å². The minimum atomic E-state index is -1.29. The number of phenolic OH excluding ortho intramolecular Hbond substituents is 1. The van der Waals surface area contributed by atoms with Crippen molar-refractivity contribution in [3.63, 3.8) is 0 Å². The largest absolute Gasteiger partial charge is 0.508 e. The molecule has 1 heterocycles. The summed E-state index contributed by atoms with van der Waals surface area (Å²) in [5, 5.41) is 54.2. The zero-order valence-corrected chi connectivity index (χ0v) is 29.3. The lowest BCUT2D eigenvalue weighted by molar-refractivity contribution is -0.134. The lowest BCUT2D eigenvalue weighted by Gasteiger charge is -2.27. The topological polar surface area (TPSA) is 225 Å². The maximum absolute atomic E-state index is 13.8. The van der Waals surface area contributed by atoms with E-state index in [1.807, 2.05) is 25.2 Å². The van der Waals surface area contributed by atoms with Crippen molar-refractivity contribution in [1.82, 2.24) is 42.5 Å². The predicted octanol–water partition coefficient (Wildman–Crippen LogP) is -2.13. The van der Waals surface area contributed by atoms with Crippen LogP contribution < -0.4 is 42.5 Å². The summed E-state index contributed by atoms with van der Waals surface area (Å²) in [6.07, 6.45) is 0.609. The average Bonchev–Trinajstić information content (AvgIpc) is 3.10. The first-order chi connectivity index (χ1) is 24.0. The van der Waals surface area contributed by atoms with E-state index in [0.717, 1.165) is 30.5 Å². The highest BCUT2D eigenvalue weighted by atomic mass is 16.3. The molecule has 50 heavy (non-hydrogen) atoms. The number of carbonyl (C=O) groups is 4. The summed E-state index contributed by atoms with van der Waals surface area (Å²) in [4.78, 5) is 54.3. The van der Waals surface area contributed by atoms with E-state index in [0.29, 0.717) is 11.1 Å². The number of amides is 4. The molecule has 0 saturated carbocycles. The van der Waals surface area contributed by atoms with Gasteiger partial charge in [0.25, 0.3) is 0 Å². The summed E-state index contributed by atoms with van der Waals surface area (Å²) in [6, 6.07) is 7.79. The van der Waals surface area contributed by atoms with Gasteiger partial charge < -0.3 is 57.9 Å². The van der Waals surface area contributed by atoms with Crippen molar-refractivity contribution in [2.24, 2.45) is 0 Å². The number of fused-ring (bicyclic) bond motifs is 5. The van der Waals surface area contributed by atoms with Crippen molar-refractivity contribution in [2.75, 3.05) is 54.4 Å². The molecule has 0 radical (unpaired) electrons. The first-order valence-corrected chi connectivity index (χ1v) is 17.1. The van der Waals surface area contributed by atoms with Crippen molar-refractivity contribution in [3.05, 3.63) is 53.6 Å². The maximum Gasteiger partial charge on any atom is 0.245 e. The van der Waals surface area contributed by atoms with E-state index in [9.17, 15) is 34.5 Å². The van der Waals surface area contributed by atoms with E-state index in [1.54, 1.807) is 45.4 Å². The highest BCUT2D eigenvalue weighted by Gasteiger charge is 2.32. The molecule has 4 amide bonds. The molecule has 0 saturated heterocycles. The van der Waals surface area contributed by atoms with Crippen molar-refractivity contribution >= 4 is 23.6 Å². The SMILES string of the molecule is CNCCC[C@@H](CNC(=O)[C@H](CO)NC(=O)[C@@H]1Cc2cccc(c2)-c2ccc(O)c(c2)C[C@H](NC)C(=O)N[C@@H](C[C@@H](O)CNC)C(=O)N1)NC. The Kier molecular flexibility index (Phi) is 16.6. The first kappa shape index (κ1) is 40.3. The second-order valence-corrected chi connectivity index (χ2v) is 12.6. The van der Waals surface area contributed by atoms with Crippen molar-refractivity contribution in [3.8, 4) is 16.9 Å². The number of aromatic hydroxyl groups is 1. The molecule has 15 heteroatoms. The quantitative estimate of drug-likeness (QED) is 0.0850. The third kappa shape index (κ3) is 12.0. The van der Waals surface area contributed by atoms with Crippen molar-refractivity contribution in [1.29, 1.82) is 0 Å². The van der Waals surface area contributed by atoms with Crippen LogP contribution in [0, 0.1) is 0 Å². The minimum Gasteiger partial charge on any atom is -0.508 e. The highest BCUT2D eigenvalue weighted by molar-refractivity contribution is 5.95. The van der Waals surface area contributed by atoms with Gasteiger partial charge in [-0.05, 0) is 82.0 Å². The van der Waals surface area contributed by atoms with E-state index in [4.69, 9.17) is 0 Å².